The Labute approximate surface area is 145 Å². The lowest BCUT2D eigenvalue weighted by molar-refractivity contribution is -0.121. The predicted molar refractivity (Wildman–Crippen MR) is 92.0 cm³/mol. The second kappa shape index (κ2) is 9.22. The maximum absolute atomic E-state index is 11.9. The van der Waals surface area contributed by atoms with Crippen molar-refractivity contribution in [3.8, 4) is 11.5 Å². The van der Waals surface area contributed by atoms with Crippen molar-refractivity contribution in [2.75, 3.05) is 20.8 Å². The molecule has 1 saturated heterocycles. The molecular formula is C15H22BrClN2O3. The van der Waals surface area contributed by atoms with Gasteiger partial charge < -0.3 is 20.1 Å². The maximum Gasteiger partial charge on any atom is 0.221 e. The molecule has 0 aromatic heterocycles. The van der Waals surface area contributed by atoms with Gasteiger partial charge in [-0.1, -0.05) is 15.9 Å². The van der Waals surface area contributed by atoms with Gasteiger partial charge in [0.2, 0.25) is 5.91 Å². The molecule has 0 saturated carbocycles. The van der Waals surface area contributed by atoms with Crippen LogP contribution in [0, 0.1) is 0 Å². The lowest BCUT2D eigenvalue weighted by Gasteiger charge is -2.14. The zero-order chi connectivity index (χ0) is 15.2. The van der Waals surface area contributed by atoms with Crippen LogP contribution in [0.2, 0.25) is 0 Å². The van der Waals surface area contributed by atoms with E-state index in [9.17, 15) is 4.79 Å². The summed E-state index contributed by atoms with van der Waals surface area (Å²) in [5, 5.41) is 6.27. The Kier molecular flexibility index (Phi) is 8.00. The van der Waals surface area contributed by atoms with Gasteiger partial charge >= 0.3 is 0 Å². The van der Waals surface area contributed by atoms with E-state index in [1.54, 1.807) is 14.2 Å². The van der Waals surface area contributed by atoms with E-state index in [2.05, 4.69) is 26.6 Å². The Bertz CT molecular complexity index is 508. The summed E-state index contributed by atoms with van der Waals surface area (Å²) in [7, 11) is 3.19. The van der Waals surface area contributed by atoms with Crippen LogP contribution in [0.3, 0.4) is 0 Å². The molecule has 1 atom stereocenters. The molecule has 5 nitrogen and oxygen atoms in total. The topological polar surface area (TPSA) is 59.6 Å². The first-order valence-electron chi connectivity index (χ1n) is 7.04. The summed E-state index contributed by atoms with van der Waals surface area (Å²) in [4.78, 5) is 11.9. The number of hydrogen-bond acceptors (Lipinski definition) is 4. The molecule has 7 heteroatoms. The van der Waals surface area contributed by atoms with Crippen LogP contribution in [0.25, 0.3) is 0 Å². The van der Waals surface area contributed by atoms with Crippen molar-refractivity contribution >= 4 is 34.2 Å². The molecule has 124 valence electrons. The average molecular weight is 394 g/mol. The maximum atomic E-state index is 11.9. The molecule has 1 aromatic carbocycles. The predicted octanol–water partition coefficient (Wildman–Crippen LogP) is 2.65. The van der Waals surface area contributed by atoms with Gasteiger partial charge in [-0.3, -0.25) is 4.79 Å². The summed E-state index contributed by atoms with van der Waals surface area (Å²) in [5.74, 6) is 1.38. The highest BCUT2D eigenvalue weighted by molar-refractivity contribution is 9.10. The lowest BCUT2D eigenvalue weighted by atomic mass is 10.1. The molecule has 0 spiro atoms. The molecule has 2 rings (SSSR count). The molecular weight excluding hydrogens is 372 g/mol. The number of halogens is 2. The standard InChI is InChI=1S/C15H21BrN2O3.ClH/c1-20-13-6-10(12(16)8-14(13)21-2)9-18-15(19)7-11-4-3-5-17-11;/h6,8,11,17H,3-5,7,9H2,1-2H3,(H,18,19);1H. The van der Waals surface area contributed by atoms with Crippen molar-refractivity contribution in [3.05, 3.63) is 22.2 Å². The second-order valence-corrected chi connectivity index (χ2v) is 5.93. The normalized spacial score (nSPS) is 16.8. The van der Waals surface area contributed by atoms with Gasteiger partial charge in [0, 0.05) is 23.5 Å². The van der Waals surface area contributed by atoms with E-state index in [4.69, 9.17) is 9.47 Å². The van der Waals surface area contributed by atoms with Crippen LogP contribution in [0.15, 0.2) is 16.6 Å². The summed E-state index contributed by atoms with van der Waals surface area (Å²) in [6, 6.07) is 4.04. The number of nitrogens with one attached hydrogen (secondary N) is 2. The number of rotatable bonds is 6. The van der Waals surface area contributed by atoms with Gasteiger partial charge in [-0.25, -0.2) is 0 Å². The van der Waals surface area contributed by atoms with Crippen LogP contribution in [-0.4, -0.2) is 32.7 Å². The van der Waals surface area contributed by atoms with Gasteiger partial charge in [0.1, 0.15) is 0 Å². The van der Waals surface area contributed by atoms with Crippen LogP contribution < -0.4 is 20.1 Å². The van der Waals surface area contributed by atoms with Crippen LogP contribution in [0.5, 0.6) is 11.5 Å². The van der Waals surface area contributed by atoms with E-state index in [-0.39, 0.29) is 18.3 Å². The molecule has 0 bridgehead atoms. The Morgan fingerprint density at radius 3 is 2.64 bits per heavy atom. The Hall–Kier alpha value is -0.980. The van der Waals surface area contributed by atoms with Gasteiger partial charge in [0.15, 0.2) is 11.5 Å². The fourth-order valence-electron chi connectivity index (χ4n) is 2.45. The van der Waals surface area contributed by atoms with Crippen LogP contribution in [0.1, 0.15) is 24.8 Å². The van der Waals surface area contributed by atoms with E-state index in [0.29, 0.717) is 30.5 Å². The zero-order valence-electron chi connectivity index (χ0n) is 12.8. The highest BCUT2D eigenvalue weighted by atomic mass is 79.9. The molecule has 0 aliphatic carbocycles. The van der Waals surface area contributed by atoms with Crippen LogP contribution in [-0.2, 0) is 11.3 Å². The number of ether oxygens (including phenoxy) is 2. The molecule has 2 N–H and O–H groups in total. The molecule has 1 amide bonds. The molecule has 1 unspecified atom stereocenters. The van der Waals surface area contributed by atoms with Crippen molar-refractivity contribution in [3.63, 3.8) is 0 Å². The third-order valence-corrected chi connectivity index (χ3v) is 4.36. The Morgan fingerprint density at radius 2 is 2.05 bits per heavy atom. The number of carbonyl (C=O) groups excluding carboxylic acids is 1. The quantitative estimate of drug-likeness (QED) is 0.780. The number of carbonyl (C=O) groups is 1. The minimum absolute atomic E-state index is 0. The van der Waals surface area contributed by atoms with Crippen LogP contribution >= 0.6 is 28.3 Å². The minimum Gasteiger partial charge on any atom is -0.493 e. The number of benzene rings is 1. The number of amides is 1. The SMILES string of the molecule is COc1cc(Br)c(CNC(=O)CC2CCCN2)cc1OC.Cl. The summed E-state index contributed by atoms with van der Waals surface area (Å²) < 4.78 is 11.4. The summed E-state index contributed by atoms with van der Waals surface area (Å²) in [6.45, 7) is 1.48. The molecule has 22 heavy (non-hydrogen) atoms. The van der Waals surface area contributed by atoms with Gasteiger partial charge in [0.05, 0.1) is 14.2 Å². The van der Waals surface area contributed by atoms with Gasteiger partial charge in [-0.05, 0) is 37.1 Å². The Morgan fingerprint density at radius 1 is 1.36 bits per heavy atom. The van der Waals surface area contributed by atoms with E-state index in [1.807, 2.05) is 12.1 Å². The fraction of sp³-hybridized carbons (Fsp3) is 0.533. The third kappa shape index (κ3) is 5.04. The molecule has 1 aliphatic heterocycles. The summed E-state index contributed by atoms with van der Waals surface area (Å²) in [6.07, 6.45) is 2.76. The second-order valence-electron chi connectivity index (χ2n) is 5.07. The largest absolute Gasteiger partial charge is 0.493 e. The van der Waals surface area contributed by atoms with Crippen molar-refractivity contribution in [2.24, 2.45) is 0 Å². The van der Waals surface area contributed by atoms with E-state index in [0.717, 1.165) is 29.4 Å². The fourth-order valence-corrected chi connectivity index (χ4v) is 2.92. The number of methoxy groups -OCH3 is 2. The van der Waals surface area contributed by atoms with E-state index < -0.39 is 0 Å². The van der Waals surface area contributed by atoms with E-state index >= 15 is 0 Å². The van der Waals surface area contributed by atoms with Gasteiger partial charge in [-0.2, -0.15) is 0 Å². The molecule has 1 fully saturated rings. The first kappa shape index (κ1) is 19.1. The van der Waals surface area contributed by atoms with Gasteiger partial charge in [-0.15, -0.1) is 12.4 Å². The lowest BCUT2D eigenvalue weighted by Crippen LogP contribution is -2.31. The van der Waals surface area contributed by atoms with Gasteiger partial charge in [0.25, 0.3) is 0 Å². The molecule has 1 aliphatic rings. The van der Waals surface area contributed by atoms with Crippen molar-refractivity contribution in [1.82, 2.24) is 10.6 Å². The van der Waals surface area contributed by atoms with Crippen LogP contribution in [0.4, 0.5) is 0 Å². The summed E-state index contributed by atoms with van der Waals surface area (Å²) in [5.41, 5.74) is 0.959. The smallest absolute Gasteiger partial charge is 0.221 e. The van der Waals surface area contributed by atoms with Crippen molar-refractivity contribution in [2.45, 2.75) is 31.8 Å². The first-order valence-corrected chi connectivity index (χ1v) is 7.83. The van der Waals surface area contributed by atoms with E-state index in [1.165, 1.54) is 0 Å². The molecule has 0 radical (unpaired) electrons. The molecule has 1 aromatic rings. The van der Waals surface area contributed by atoms with Crippen molar-refractivity contribution < 1.29 is 14.3 Å². The molecule has 1 heterocycles. The first-order chi connectivity index (χ1) is 10.1. The highest BCUT2D eigenvalue weighted by Gasteiger charge is 2.17. The monoisotopic (exact) mass is 392 g/mol. The summed E-state index contributed by atoms with van der Waals surface area (Å²) >= 11 is 3.49. The minimum atomic E-state index is 0. The average Bonchev–Trinajstić information content (AvgIpc) is 2.98. The van der Waals surface area contributed by atoms with Crippen molar-refractivity contribution in [1.29, 1.82) is 0 Å². The Balaban J connectivity index is 0.00000242. The third-order valence-electron chi connectivity index (χ3n) is 3.62. The highest BCUT2D eigenvalue weighted by Crippen LogP contribution is 2.33. The number of hydrogen-bond donors (Lipinski definition) is 2. The zero-order valence-corrected chi connectivity index (χ0v) is 15.2.